The Morgan fingerprint density at radius 2 is 1.86 bits per heavy atom. The van der Waals surface area contributed by atoms with Gasteiger partial charge in [-0.1, -0.05) is 51.1 Å². The Labute approximate surface area is 167 Å². The van der Waals surface area contributed by atoms with Gasteiger partial charge in [0.25, 0.3) is 0 Å². The van der Waals surface area contributed by atoms with Gasteiger partial charge in [0.15, 0.2) is 0 Å². The van der Waals surface area contributed by atoms with Crippen LogP contribution in [0.3, 0.4) is 0 Å². The molecule has 146 valence electrons. The first kappa shape index (κ1) is 18.6. The number of nitrogens with one attached hydrogen (secondary N) is 1. The molecule has 0 aromatic heterocycles. The summed E-state index contributed by atoms with van der Waals surface area (Å²) in [6.07, 6.45) is 5.32. The third-order valence-electron chi connectivity index (χ3n) is 6.37. The van der Waals surface area contributed by atoms with E-state index in [1.807, 2.05) is 14.1 Å². The number of aryl methyl sites for hydroxylation is 1. The molecule has 4 rings (SSSR count). The lowest BCUT2D eigenvalue weighted by atomic mass is 9.75. The lowest BCUT2D eigenvalue weighted by Gasteiger charge is -2.40. The highest BCUT2D eigenvalue weighted by atomic mass is 16.2. The van der Waals surface area contributed by atoms with Gasteiger partial charge >= 0.3 is 0 Å². The molecular formula is C24H29N3O. The van der Waals surface area contributed by atoms with E-state index in [1.165, 1.54) is 16.8 Å². The normalized spacial score (nSPS) is 22.3. The van der Waals surface area contributed by atoms with E-state index in [4.69, 9.17) is 0 Å². The SMILES string of the molecule is CCc1ccc2c(c1)C(C)(C)C1(/C=C/c3ccc(N(C)C)cc3)NC(=O)CN21. The summed E-state index contributed by atoms with van der Waals surface area (Å²) in [5, 5.41) is 3.30. The molecule has 4 nitrogen and oxygen atoms in total. The van der Waals surface area contributed by atoms with Crippen LogP contribution >= 0.6 is 0 Å². The van der Waals surface area contributed by atoms with Crippen molar-refractivity contribution < 1.29 is 4.79 Å². The van der Waals surface area contributed by atoms with Gasteiger partial charge in [-0.05, 0) is 47.4 Å². The molecule has 28 heavy (non-hydrogen) atoms. The number of carbonyl (C=O) groups is 1. The zero-order valence-corrected chi connectivity index (χ0v) is 17.4. The first-order valence-corrected chi connectivity index (χ1v) is 9.97. The summed E-state index contributed by atoms with van der Waals surface area (Å²) in [4.78, 5) is 16.7. The molecule has 1 fully saturated rings. The molecule has 1 saturated heterocycles. The Hall–Kier alpha value is -2.75. The van der Waals surface area contributed by atoms with Crippen LogP contribution in [0, 0.1) is 0 Å². The largest absolute Gasteiger partial charge is 0.378 e. The Morgan fingerprint density at radius 1 is 1.14 bits per heavy atom. The lowest BCUT2D eigenvalue weighted by molar-refractivity contribution is -0.118. The fourth-order valence-corrected chi connectivity index (χ4v) is 4.54. The molecule has 2 aromatic carbocycles. The number of hydrogen-bond acceptors (Lipinski definition) is 3. The first-order chi connectivity index (χ1) is 13.3. The van der Waals surface area contributed by atoms with Gasteiger partial charge in [0.2, 0.25) is 5.91 Å². The van der Waals surface area contributed by atoms with Crippen LogP contribution in [0.1, 0.15) is 37.5 Å². The monoisotopic (exact) mass is 375 g/mol. The van der Waals surface area contributed by atoms with Gasteiger partial charge in [0.05, 0.1) is 6.54 Å². The van der Waals surface area contributed by atoms with E-state index in [0.29, 0.717) is 6.54 Å². The van der Waals surface area contributed by atoms with Crippen molar-refractivity contribution in [3.63, 3.8) is 0 Å². The average Bonchev–Trinajstić information content (AvgIpc) is 3.11. The maximum Gasteiger partial charge on any atom is 0.241 e. The summed E-state index contributed by atoms with van der Waals surface area (Å²) in [5.41, 5.74) is 5.32. The van der Waals surface area contributed by atoms with Crippen molar-refractivity contribution in [2.75, 3.05) is 30.4 Å². The predicted molar refractivity (Wildman–Crippen MR) is 117 cm³/mol. The van der Waals surface area contributed by atoms with E-state index in [9.17, 15) is 4.79 Å². The second-order valence-electron chi connectivity index (χ2n) is 8.55. The van der Waals surface area contributed by atoms with Gasteiger partial charge in [0.1, 0.15) is 5.66 Å². The predicted octanol–water partition coefficient (Wildman–Crippen LogP) is 3.95. The Balaban J connectivity index is 1.76. The maximum absolute atomic E-state index is 12.4. The molecule has 1 N–H and O–H groups in total. The average molecular weight is 376 g/mol. The van der Waals surface area contributed by atoms with Crippen LogP contribution in [-0.2, 0) is 16.6 Å². The minimum absolute atomic E-state index is 0.0749. The van der Waals surface area contributed by atoms with E-state index in [1.54, 1.807) is 0 Å². The number of carbonyl (C=O) groups excluding carboxylic acids is 1. The number of benzene rings is 2. The van der Waals surface area contributed by atoms with Crippen molar-refractivity contribution in [1.82, 2.24) is 5.32 Å². The molecule has 4 heteroatoms. The molecule has 1 unspecified atom stereocenters. The molecular weight excluding hydrogens is 346 g/mol. The van der Waals surface area contributed by atoms with Gasteiger partial charge < -0.3 is 15.1 Å². The molecule has 0 saturated carbocycles. The summed E-state index contributed by atoms with van der Waals surface area (Å²) >= 11 is 0. The van der Waals surface area contributed by atoms with Gasteiger partial charge in [0, 0.05) is 30.9 Å². The number of nitrogens with zero attached hydrogens (tertiary/aromatic N) is 2. The number of fused-ring (bicyclic) bond motifs is 3. The third-order valence-corrected chi connectivity index (χ3v) is 6.37. The smallest absolute Gasteiger partial charge is 0.241 e. The molecule has 2 aliphatic heterocycles. The molecule has 0 bridgehead atoms. The molecule has 0 spiro atoms. The van der Waals surface area contributed by atoms with Crippen molar-refractivity contribution in [1.29, 1.82) is 0 Å². The minimum Gasteiger partial charge on any atom is -0.378 e. The minimum atomic E-state index is -0.543. The first-order valence-electron chi connectivity index (χ1n) is 9.97. The van der Waals surface area contributed by atoms with Gasteiger partial charge in [-0.3, -0.25) is 4.79 Å². The highest BCUT2D eigenvalue weighted by Crippen LogP contribution is 2.53. The molecule has 0 aliphatic carbocycles. The summed E-state index contributed by atoms with van der Waals surface area (Å²) in [5.74, 6) is 0.0749. The van der Waals surface area contributed by atoms with Gasteiger partial charge in [-0.25, -0.2) is 0 Å². The summed E-state index contributed by atoms with van der Waals surface area (Å²) in [6, 6.07) is 15.1. The summed E-state index contributed by atoms with van der Waals surface area (Å²) < 4.78 is 0. The van der Waals surface area contributed by atoms with Crippen molar-refractivity contribution in [2.24, 2.45) is 0 Å². The molecule has 2 aliphatic rings. The quantitative estimate of drug-likeness (QED) is 0.879. The number of amides is 1. The summed E-state index contributed by atoms with van der Waals surface area (Å²) in [7, 11) is 4.08. The van der Waals surface area contributed by atoms with E-state index in [-0.39, 0.29) is 11.3 Å². The van der Waals surface area contributed by atoms with Crippen molar-refractivity contribution in [2.45, 2.75) is 38.3 Å². The van der Waals surface area contributed by atoms with Crippen LogP contribution in [0.2, 0.25) is 0 Å². The zero-order chi connectivity index (χ0) is 20.1. The zero-order valence-electron chi connectivity index (χ0n) is 17.4. The van der Waals surface area contributed by atoms with Crippen molar-refractivity contribution in [3.05, 3.63) is 65.2 Å². The Kier molecular flexibility index (Phi) is 4.25. The number of anilines is 2. The van der Waals surface area contributed by atoms with Crippen LogP contribution < -0.4 is 15.1 Å². The standard InChI is InChI=1S/C24H29N3O/c1-6-17-9-12-21-20(15-17)23(2,3)24(25-22(28)16-27(21)24)14-13-18-7-10-19(11-8-18)26(4)5/h7-15H,6,16H2,1-5H3,(H,25,28)/b14-13+. The number of hydrogen-bond donors (Lipinski definition) is 1. The topological polar surface area (TPSA) is 35.6 Å². The van der Waals surface area contributed by atoms with Gasteiger partial charge in [-0.2, -0.15) is 0 Å². The molecule has 1 amide bonds. The van der Waals surface area contributed by atoms with Crippen molar-refractivity contribution in [3.8, 4) is 0 Å². The molecule has 0 radical (unpaired) electrons. The second kappa shape index (κ2) is 6.40. The highest BCUT2D eigenvalue weighted by molar-refractivity contribution is 5.91. The molecule has 2 aromatic rings. The fourth-order valence-electron chi connectivity index (χ4n) is 4.54. The van der Waals surface area contributed by atoms with Gasteiger partial charge in [-0.15, -0.1) is 0 Å². The molecule has 2 heterocycles. The Morgan fingerprint density at radius 3 is 2.50 bits per heavy atom. The van der Waals surface area contributed by atoms with Crippen LogP contribution in [0.4, 0.5) is 11.4 Å². The third kappa shape index (κ3) is 2.62. The highest BCUT2D eigenvalue weighted by Gasteiger charge is 2.59. The fraction of sp³-hybridized carbons (Fsp3) is 0.375. The van der Waals surface area contributed by atoms with Crippen LogP contribution in [0.25, 0.3) is 6.08 Å². The van der Waals surface area contributed by atoms with Crippen LogP contribution in [0.5, 0.6) is 0 Å². The van der Waals surface area contributed by atoms with Crippen molar-refractivity contribution >= 4 is 23.4 Å². The number of rotatable bonds is 4. The van der Waals surface area contributed by atoms with Crippen LogP contribution in [0.15, 0.2) is 48.5 Å². The van der Waals surface area contributed by atoms with E-state index in [0.717, 1.165) is 17.7 Å². The lowest BCUT2D eigenvalue weighted by Crippen LogP contribution is -2.58. The Bertz CT molecular complexity index is 943. The summed E-state index contributed by atoms with van der Waals surface area (Å²) in [6.45, 7) is 7.04. The second-order valence-corrected chi connectivity index (χ2v) is 8.55. The maximum atomic E-state index is 12.4. The van der Waals surface area contributed by atoms with E-state index < -0.39 is 5.66 Å². The molecule has 1 atom stereocenters. The van der Waals surface area contributed by atoms with E-state index in [2.05, 4.69) is 90.5 Å². The van der Waals surface area contributed by atoms with Crippen LogP contribution in [-0.4, -0.2) is 32.2 Å². The van der Waals surface area contributed by atoms with E-state index >= 15 is 0 Å².